The number of amides is 1. The zero-order chi connectivity index (χ0) is 24.9. The lowest BCUT2D eigenvalue weighted by Gasteiger charge is -2.49. The van der Waals surface area contributed by atoms with Crippen molar-refractivity contribution in [3.8, 4) is 5.75 Å². The molecule has 9 nitrogen and oxygen atoms in total. The van der Waals surface area contributed by atoms with Crippen molar-refractivity contribution >= 4 is 23.2 Å². The summed E-state index contributed by atoms with van der Waals surface area (Å²) in [5.41, 5.74) is 9.57. The molecule has 0 bridgehead atoms. The average Bonchev–Trinajstić information content (AvgIpc) is 2.72. The number of hydrogen-bond donors (Lipinski definition) is 6. The van der Waals surface area contributed by atoms with Gasteiger partial charge in [-0.2, -0.15) is 0 Å². The zero-order valence-electron chi connectivity index (χ0n) is 19.0. The van der Waals surface area contributed by atoms with Crippen molar-refractivity contribution in [3.05, 3.63) is 45.7 Å². The minimum absolute atomic E-state index is 0.00926. The predicted octanol–water partition coefficient (Wildman–Crippen LogP) is 1.26. The van der Waals surface area contributed by atoms with Crippen molar-refractivity contribution in [2.24, 2.45) is 28.7 Å². The molecule has 2 saturated carbocycles. The summed E-state index contributed by atoms with van der Waals surface area (Å²) in [5.74, 6) is -6.66. The van der Waals surface area contributed by atoms with Crippen LogP contribution in [0.3, 0.4) is 0 Å². The van der Waals surface area contributed by atoms with Crippen LogP contribution in [-0.2, 0) is 20.8 Å². The van der Waals surface area contributed by atoms with Gasteiger partial charge in [0.1, 0.15) is 22.8 Å². The third kappa shape index (κ3) is 2.77. The standard InChI is InChI=1S/C25H28N2O7/c1-24(2)7-10(8-24)11-3-4-14(28)16-12(11)5-9-6-13-18(26)20(30)17(23(27)33)22(32)25(13,34)21(31)15(9)19(16)29/h3-4,9-10,13,18,28-29,32,34H,5-8,26H2,1-2H3,(H2,27,33)/t9?,13-,18+,25-/m0/s1. The van der Waals surface area contributed by atoms with Crippen molar-refractivity contribution < 1.29 is 34.8 Å². The molecule has 0 saturated heterocycles. The molecule has 4 atom stereocenters. The van der Waals surface area contributed by atoms with Crippen LogP contribution in [-0.4, -0.2) is 49.5 Å². The molecule has 4 aliphatic rings. The van der Waals surface area contributed by atoms with Gasteiger partial charge in [0.05, 0.1) is 11.6 Å². The van der Waals surface area contributed by atoms with Crippen LogP contribution in [0.2, 0.25) is 0 Å². The topological polar surface area (TPSA) is 184 Å². The van der Waals surface area contributed by atoms with Crippen molar-refractivity contribution in [1.29, 1.82) is 0 Å². The fourth-order valence-electron chi connectivity index (χ4n) is 6.62. The molecule has 8 N–H and O–H groups in total. The van der Waals surface area contributed by atoms with E-state index in [0.29, 0.717) is 6.42 Å². The number of phenols is 1. The van der Waals surface area contributed by atoms with Gasteiger partial charge in [0.2, 0.25) is 5.78 Å². The Hall–Kier alpha value is -3.17. The van der Waals surface area contributed by atoms with Gasteiger partial charge < -0.3 is 31.9 Å². The predicted molar refractivity (Wildman–Crippen MR) is 121 cm³/mol. The number of nitrogens with two attached hydrogens (primary N) is 2. The molecule has 0 spiro atoms. The SMILES string of the molecule is CC1(C)CC(c2ccc(O)c3c2CC2C[C@H]4[C@@H](N)C(=O)C(C(N)=O)=C(O)[C@@]4(O)C(=O)C2=C3O)C1. The maximum Gasteiger partial charge on any atom is 0.255 e. The van der Waals surface area contributed by atoms with Crippen LogP contribution in [0, 0.1) is 17.3 Å². The smallest absolute Gasteiger partial charge is 0.255 e. The maximum absolute atomic E-state index is 13.6. The highest BCUT2D eigenvalue weighted by Crippen LogP contribution is 2.56. The Morgan fingerprint density at radius 3 is 2.32 bits per heavy atom. The second kappa shape index (κ2) is 6.93. The number of fused-ring (bicyclic) bond motifs is 3. The summed E-state index contributed by atoms with van der Waals surface area (Å²) in [7, 11) is 0. The van der Waals surface area contributed by atoms with E-state index in [0.717, 1.165) is 24.0 Å². The van der Waals surface area contributed by atoms with Gasteiger partial charge in [0.25, 0.3) is 5.91 Å². The highest BCUT2D eigenvalue weighted by Gasteiger charge is 2.63. The number of rotatable bonds is 2. The van der Waals surface area contributed by atoms with Gasteiger partial charge in [0, 0.05) is 11.5 Å². The van der Waals surface area contributed by atoms with Crippen molar-refractivity contribution in [2.75, 3.05) is 0 Å². The molecule has 0 heterocycles. The number of phenolic OH excluding ortho intramolecular Hbond substituents is 1. The number of aliphatic hydroxyl groups excluding tert-OH is 2. The number of aromatic hydroxyl groups is 1. The number of primary amides is 1. The molecule has 9 heteroatoms. The van der Waals surface area contributed by atoms with Gasteiger partial charge in [-0.05, 0) is 60.1 Å². The number of aliphatic hydroxyl groups is 3. The van der Waals surface area contributed by atoms with Gasteiger partial charge in [0.15, 0.2) is 11.4 Å². The van der Waals surface area contributed by atoms with Crippen molar-refractivity contribution in [2.45, 2.75) is 57.1 Å². The Morgan fingerprint density at radius 1 is 1.09 bits per heavy atom. The summed E-state index contributed by atoms with van der Waals surface area (Å²) in [4.78, 5) is 38.0. The molecule has 180 valence electrons. The first-order valence-electron chi connectivity index (χ1n) is 11.4. The molecule has 5 rings (SSSR count). The Bertz CT molecular complexity index is 1240. The van der Waals surface area contributed by atoms with E-state index in [1.807, 2.05) is 6.07 Å². The number of ketones is 2. The quantitative estimate of drug-likeness (QED) is 0.350. The van der Waals surface area contributed by atoms with Crippen LogP contribution in [0.4, 0.5) is 0 Å². The van der Waals surface area contributed by atoms with E-state index in [2.05, 4.69) is 13.8 Å². The van der Waals surface area contributed by atoms with Crippen LogP contribution >= 0.6 is 0 Å². The monoisotopic (exact) mass is 468 g/mol. The summed E-state index contributed by atoms with van der Waals surface area (Å²) in [6.45, 7) is 4.35. The highest BCUT2D eigenvalue weighted by molar-refractivity contribution is 6.24. The second-order valence-electron chi connectivity index (χ2n) is 10.9. The normalized spacial score (nSPS) is 32.6. The summed E-state index contributed by atoms with van der Waals surface area (Å²) >= 11 is 0. The molecule has 2 fully saturated rings. The van der Waals surface area contributed by atoms with Crippen LogP contribution in [0.5, 0.6) is 5.75 Å². The summed E-state index contributed by atoms with van der Waals surface area (Å²) in [6, 6.07) is 1.89. The van der Waals surface area contributed by atoms with Crippen LogP contribution in [0.25, 0.3) is 5.76 Å². The highest BCUT2D eigenvalue weighted by atomic mass is 16.3. The summed E-state index contributed by atoms with van der Waals surface area (Å²) in [6.07, 6.45) is 2.19. The molecule has 0 aromatic heterocycles. The third-order valence-electron chi connectivity index (χ3n) is 8.21. The van der Waals surface area contributed by atoms with Gasteiger partial charge in [-0.15, -0.1) is 0 Å². The molecule has 0 radical (unpaired) electrons. The number of carbonyl (C=O) groups excluding carboxylic acids is 3. The minimum atomic E-state index is -2.68. The second-order valence-corrected chi connectivity index (χ2v) is 10.9. The fraction of sp³-hybridized carbons (Fsp3) is 0.480. The summed E-state index contributed by atoms with van der Waals surface area (Å²) in [5, 5.41) is 43.8. The Morgan fingerprint density at radius 2 is 1.74 bits per heavy atom. The first-order valence-corrected chi connectivity index (χ1v) is 11.4. The molecule has 1 aromatic rings. The molecule has 1 aromatic carbocycles. The lowest BCUT2D eigenvalue weighted by molar-refractivity contribution is -0.149. The van der Waals surface area contributed by atoms with Crippen LogP contribution < -0.4 is 11.5 Å². The number of carbonyl (C=O) groups is 3. The van der Waals surface area contributed by atoms with E-state index in [9.17, 15) is 34.8 Å². The van der Waals surface area contributed by atoms with Crippen molar-refractivity contribution in [1.82, 2.24) is 0 Å². The lowest BCUT2D eigenvalue weighted by Crippen LogP contribution is -2.65. The molecule has 0 aliphatic heterocycles. The first-order chi connectivity index (χ1) is 15.8. The van der Waals surface area contributed by atoms with E-state index in [-0.39, 0.29) is 34.6 Å². The number of benzene rings is 1. The first kappa shape index (κ1) is 22.6. The molecule has 4 aliphatic carbocycles. The number of hydrogen-bond acceptors (Lipinski definition) is 8. The molecule has 34 heavy (non-hydrogen) atoms. The van der Waals surface area contributed by atoms with E-state index < -0.39 is 58.0 Å². The average molecular weight is 469 g/mol. The largest absolute Gasteiger partial charge is 0.508 e. The zero-order valence-corrected chi connectivity index (χ0v) is 19.0. The van der Waals surface area contributed by atoms with Crippen molar-refractivity contribution in [3.63, 3.8) is 0 Å². The lowest BCUT2D eigenvalue weighted by atomic mass is 9.56. The van der Waals surface area contributed by atoms with Gasteiger partial charge in [-0.3, -0.25) is 14.4 Å². The fourth-order valence-corrected chi connectivity index (χ4v) is 6.62. The molecular weight excluding hydrogens is 440 g/mol. The molecule has 1 amide bonds. The van der Waals surface area contributed by atoms with E-state index in [4.69, 9.17) is 11.5 Å². The van der Waals surface area contributed by atoms with Crippen LogP contribution in [0.15, 0.2) is 29.0 Å². The Balaban J connectivity index is 1.67. The van der Waals surface area contributed by atoms with E-state index >= 15 is 0 Å². The van der Waals surface area contributed by atoms with Gasteiger partial charge in [-0.1, -0.05) is 19.9 Å². The number of Topliss-reactive ketones (excluding diaryl/α,β-unsaturated/α-hetero) is 2. The maximum atomic E-state index is 13.6. The summed E-state index contributed by atoms with van der Waals surface area (Å²) < 4.78 is 0. The Labute approximate surface area is 195 Å². The molecule has 1 unspecified atom stereocenters. The van der Waals surface area contributed by atoms with Crippen LogP contribution in [0.1, 0.15) is 55.7 Å². The molecular formula is C25H28N2O7. The third-order valence-corrected chi connectivity index (χ3v) is 8.21. The van der Waals surface area contributed by atoms with Gasteiger partial charge in [-0.25, -0.2) is 0 Å². The Kier molecular flexibility index (Phi) is 4.61. The van der Waals surface area contributed by atoms with E-state index in [1.54, 1.807) is 0 Å². The van der Waals surface area contributed by atoms with E-state index in [1.165, 1.54) is 6.07 Å². The van der Waals surface area contributed by atoms with Gasteiger partial charge >= 0.3 is 0 Å². The minimum Gasteiger partial charge on any atom is -0.508 e.